The first-order chi connectivity index (χ1) is 10.1. The first-order valence-electron chi connectivity index (χ1n) is 7.11. The maximum Gasteiger partial charge on any atom is 0.274 e. The zero-order valence-electron chi connectivity index (χ0n) is 12.6. The third-order valence-electron chi connectivity index (χ3n) is 3.18. The van der Waals surface area contributed by atoms with Gasteiger partial charge in [-0.25, -0.2) is 9.97 Å². The fraction of sp³-hybridized carbons (Fsp3) is 0.312. The molecule has 1 heterocycles. The molecule has 2 aromatic rings. The number of nitrogens with zero attached hydrogens (tertiary/aromatic N) is 3. The second-order valence-corrected chi connectivity index (χ2v) is 4.65. The summed E-state index contributed by atoms with van der Waals surface area (Å²) in [7, 11) is 0. The van der Waals surface area contributed by atoms with Gasteiger partial charge in [0.2, 0.25) is 0 Å². The summed E-state index contributed by atoms with van der Waals surface area (Å²) >= 11 is 0. The Hall–Kier alpha value is -2.43. The number of aromatic nitrogens is 2. The van der Waals surface area contributed by atoms with E-state index in [4.69, 9.17) is 0 Å². The minimum Gasteiger partial charge on any atom is -0.357 e. The van der Waals surface area contributed by atoms with E-state index in [0.29, 0.717) is 11.5 Å². The van der Waals surface area contributed by atoms with Crippen molar-refractivity contribution in [1.82, 2.24) is 9.97 Å². The summed E-state index contributed by atoms with van der Waals surface area (Å²) in [6.45, 7) is 7.60. The van der Waals surface area contributed by atoms with E-state index >= 15 is 0 Å². The van der Waals surface area contributed by atoms with Crippen LogP contribution in [0.5, 0.6) is 0 Å². The Morgan fingerprint density at radius 3 is 2.43 bits per heavy atom. The molecule has 0 saturated heterocycles. The number of anilines is 2. The van der Waals surface area contributed by atoms with Crippen LogP contribution in [0, 0.1) is 6.92 Å². The summed E-state index contributed by atoms with van der Waals surface area (Å²) in [5.74, 6) is 1.16. The van der Waals surface area contributed by atoms with E-state index in [9.17, 15) is 4.79 Å². The first-order valence-corrected chi connectivity index (χ1v) is 7.11. The number of para-hydroxylation sites is 1. The lowest BCUT2D eigenvalue weighted by molar-refractivity contribution is 0.102. The van der Waals surface area contributed by atoms with Crippen molar-refractivity contribution in [2.75, 3.05) is 23.3 Å². The molecule has 0 radical (unpaired) electrons. The summed E-state index contributed by atoms with van der Waals surface area (Å²) in [5, 5.41) is 2.84. The molecule has 0 unspecified atom stereocenters. The molecule has 0 atom stereocenters. The summed E-state index contributed by atoms with van der Waals surface area (Å²) in [5.41, 5.74) is 1.14. The van der Waals surface area contributed by atoms with Crippen LogP contribution in [0.1, 0.15) is 30.2 Å². The van der Waals surface area contributed by atoms with Gasteiger partial charge in [-0.1, -0.05) is 18.2 Å². The highest BCUT2D eigenvalue weighted by Gasteiger charge is 2.13. The van der Waals surface area contributed by atoms with Gasteiger partial charge in [-0.3, -0.25) is 4.79 Å². The number of benzene rings is 1. The van der Waals surface area contributed by atoms with Gasteiger partial charge < -0.3 is 10.2 Å². The molecule has 0 fully saturated rings. The number of hydrogen-bond acceptors (Lipinski definition) is 4. The average molecular weight is 284 g/mol. The molecule has 1 aromatic carbocycles. The van der Waals surface area contributed by atoms with Gasteiger partial charge in [0, 0.05) is 24.8 Å². The highest BCUT2D eigenvalue weighted by molar-refractivity contribution is 6.03. The van der Waals surface area contributed by atoms with Crippen LogP contribution >= 0.6 is 0 Å². The van der Waals surface area contributed by atoms with Crippen LogP contribution in [0.25, 0.3) is 0 Å². The van der Waals surface area contributed by atoms with Crippen LogP contribution < -0.4 is 10.2 Å². The Morgan fingerprint density at radius 2 is 1.81 bits per heavy atom. The zero-order valence-corrected chi connectivity index (χ0v) is 12.6. The van der Waals surface area contributed by atoms with Crippen LogP contribution in [0.15, 0.2) is 36.4 Å². The fourth-order valence-electron chi connectivity index (χ4n) is 2.09. The van der Waals surface area contributed by atoms with E-state index in [1.54, 1.807) is 13.0 Å². The van der Waals surface area contributed by atoms with E-state index in [2.05, 4.69) is 34.0 Å². The van der Waals surface area contributed by atoms with Crippen LogP contribution in [-0.4, -0.2) is 29.0 Å². The van der Waals surface area contributed by atoms with Crippen molar-refractivity contribution < 1.29 is 4.79 Å². The standard InChI is InChI=1S/C16H20N4O/c1-4-20(5-2)15-11-14(17-12(3)18-15)16(21)19-13-9-7-6-8-10-13/h6-11H,4-5H2,1-3H3,(H,19,21). The van der Waals surface area contributed by atoms with Gasteiger partial charge in [-0.2, -0.15) is 0 Å². The largest absolute Gasteiger partial charge is 0.357 e. The van der Waals surface area contributed by atoms with Crippen molar-refractivity contribution in [2.24, 2.45) is 0 Å². The smallest absolute Gasteiger partial charge is 0.274 e. The quantitative estimate of drug-likeness (QED) is 0.917. The second-order valence-electron chi connectivity index (χ2n) is 4.65. The van der Waals surface area contributed by atoms with Gasteiger partial charge in [-0.15, -0.1) is 0 Å². The van der Waals surface area contributed by atoms with Gasteiger partial charge >= 0.3 is 0 Å². The fourth-order valence-corrected chi connectivity index (χ4v) is 2.09. The highest BCUT2D eigenvalue weighted by Crippen LogP contribution is 2.14. The van der Waals surface area contributed by atoms with Crippen molar-refractivity contribution in [3.05, 3.63) is 47.9 Å². The first kappa shape index (κ1) is 15.0. The van der Waals surface area contributed by atoms with Crippen LogP contribution in [0.4, 0.5) is 11.5 Å². The Kier molecular flexibility index (Phi) is 4.87. The van der Waals surface area contributed by atoms with Crippen molar-refractivity contribution in [2.45, 2.75) is 20.8 Å². The van der Waals surface area contributed by atoms with Crippen molar-refractivity contribution in [1.29, 1.82) is 0 Å². The number of hydrogen-bond donors (Lipinski definition) is 1. The third kappa shape index (κ3) is 3.78. The molecule has 1 aromatic heterocycles. The zero-order chi connectivity index (χ0) is 15.2. The van der Waals surface area contributed by atoms with Crippen molar-refractivity contribution in [3.63, 3.8) is 0 Å². The molecule has 21 heavy (non-hydrogen) atoms. The predicted octanol–water partition coefficient (Wildman–Crippen LogP) is 2.88. The lowest BCUT2D eigenvalue weighted by Gasteiger charge is -2.20. The monoisotopic (exact) mass is 284 g/mol. The normalized spacial score (nSPS) is 10.2. The molecule has 0 saturated carbocycles. The van der Waals surface area contributed by atoms with Gasteiger partial charge in [0.1, 0.15) is 17.3 Å². The number of rotatable bonds is 5. The van der Waals surface area contributed by atoms with Crippen LogP contribution in [0.2, 0.25) is 0 Å². The maximum atomic E-state index is 12.3. The van der Waals surface area contributed by atoms with Gasteiger partial charge in [-0.05, 0) is 32.9 Å². The maximum absolute atomic E-state index is 12.3. The van der Waals surface area contributed by atoms with Crippen LogP contribution in [0.3, 0.4) is 0 Å². The van der Waals surface area contributed by atoms with Gasteiger partial charge in [0.25, 0.3) is 5.91 Å². The van der Waals surface area contributed by atoms with Crippen molar-refractivity contribution in [3.8, 4) is 0 Å². The minimum absolute atomic E-state index is 0.222. The average Bonchev–Trinajstić information content (AvgIpc) is 2.49. The van der Waals surface area contributed by atoms with Gasteiger partial charge in [0.15, 0.2) is 0 Å². The Balaban J connectivity index is 2.25. The molecule has 5 nitrogen and oxygen atoms in total. The lowest BCUT2D eigenvalue weighted by atomic mass is 10.3. The Morgan fingerprint density at radius 1 is 1.14 bits per heavy atom. The number of carbonyl (C=O) groups is 1. The van der Waals surface area contributed by atoms with E-state index in [-0.39, 0.29) is 5.91 Å². The van der Waals surface area contributed by atoms with E-state index in [0.717, 1.165) is 24.6 Å². The molecule has 5 heteroatoms. The molecule has 2 rings (SSSR count). The lowest BCUT2D eigenvalue weighted by Crippen LogP contribution is -2.24. The molecule has 0 aliphatic rings. The SMILES string of the molecule is CCN(CC)c1cc(C(=O)Nc2ccccc2)nc(C)n1. The van der Waals surface area contributed by atoms with E-state index < -0.39 is 0 Å². The van der Waals surface area contributed by atoms with Gasteiger partial charge in [0.05, 0.1) is 0 Å². The molecule has 0 aliphatic heterocycles. The third-order valence-corrected chi connectivity index (χ3v) is 3.18. The molecule has 1 N–H and O–H groups in total. The molecule has 110 valence electrons. The predicted molar refractivity (Wildman–Crippen MR) is 84.7 cm³/mol. The molecule has 1 amide bonds. The Bertz CT molecular complexity index is 609. The summed E-state index contributed by atoms with van der Waals surface area (Å²) in [6, 6.07) is 11.1. The molecule has 0 bridgehead atoms. The minimum atomic E-state index is -0.222. The summed E-state index contributed by atoms with van der Waals surface area (Å²) < 4.78 is 0. The van der Waals surface area contributed by atoms with Crippen LogP contribution in [-0.2, 0) is 0 Å². The topological polar surface area (TPSA) is 58.1 Å². The summed E-state index contributed by atoms with van der Waals surface area (Å²) in [4.78, 5) is 23.0. The molecule has 0 spiro atoms. The second kappa shape index (κ2) is 6.83. The highest BCUT2D eigenvalue weighted by atomic mass is 16.1. The Labute approximate surface area is 125 Å². The number of carbonyl (C=O) groups excluding carboxylic acids is 1. The van der Waals surface area contributed by atoms with E-state index in [1.165, 1.54) is 0 Å². The van der Waals surface area contributed by atoms with E-state index in [1.807, 2.05) is 30.3 Å². The number of amides is 1. The van der Waals surface area contributed by atoms with Crippen molar-refractivity contribution >= 4 is 17.4 Å². The summed E-state index contributed by atoms with van der Waals surface area (Å²) in [6.07, 6.45) is 0. The molecular formula is C16H20N4O. The molecule has 0 aliphatic carbocycles. The number of nitrogens with one attached hydrogen (secondary N) is 1. The molecular weight excluding hydrogens is 264 g/mol. The number of aryl methyl sites for hydroxylation is 1.